The van der Waals surface area contributed by atoms with Crippen LogP contribution in [-0.4, -0.2) is 19.6 Å². The average molecular weight is 252 g/mol. The molecule has 102 valence electrons. The quantitative estimate of drug-likeness (QED) is 0.830. The molecule has 1 unspecified atom stereocenters. The van der Waals surface area contributed by atoms with Crippen molar-refractivity contribution >= 4 is 5.69 Å². The molecule has 0 heterocycles. The summed E-state index contributed by atoms with van der Waals surface area (Å²) in [4.78, 5) is 2.34. The molecule has 18 heavy (non-hydrogen) atoms. The predicted molar refractivity (Wildman–Crippen MR) is 76.6 cm³/mol. The lowest BCUT2D eigenvalue weighted by atomic mass is 10.0. The second-order valence-corrected chi connectivity index (χ2v) is 5.00. The van der Waals surface area contributed by atoms with Gasteiger partial charge in [-0.25, -0.2) is 4.39 Å². The van der Waals surface area contributed by atoms with Gasteiger partial charge in [-0.05, 0) is 58.0 Å². The summed E-state index contributed by atoms with van der Waals surface area (Å²) >= 11 is 0. The fraction of sp³-hybridized carbons (Fsp3) is 0.600. The van der Waals surface area contributed by atoms with E-state index in [4.69, 9.17) is 0 Å². The maximum absolute atomic E-state index is 13.4. The van der Waals surface area contributed by atoms with Crippen molar-refractivity contribution in [3.63, 3.8) is 0 Å². The largest absolute Gasteiger partial charge is 0.369 e. The smallest absolute Gasteiger partial charge is 0.123 e. The Labute approximate surface area is 110 Å². The maximum Gasteiger partial charge on any atom is 0.123 e. The van der Waals surface area contributed by atoms with Crippen LogP contribution in [0.15, 0.2) is 18.2 Å². The van der Waals surface area contributed by atoms with Gasteiger partial charge in [0.1, 0.15) is 5.82 Å². The van der Waals surface area contributed by atoms with Crippen LogP contribution in [0, 0.1) is 5.82 Å². The van der Waals surface area contributed by atoms with Gasteiger partial charge in [-0.1, -0.05) is 6.92 Å². The van der Waals surface area contributed by atoms with Gasteiger partial charge in [0.25, 0.3) is 0 Å². The van der Waals surface area contributed by atoms with Gasteiger partial charge in [-0.3, -0.25) is 0 Å². The first-order valence-corrected chi connectivity index (χ1v) is 6.74. The minimum absolute atomic E-state index is 0.147. The van der Waals surface area contributed by atoms with E-state index in [1.165, 1.54) is 0 Å². The molecule has 0 aromatic heterocycles. The first-order valence-electron chi connectivity index (χ1n) is 6.74. The molecule has 0 aliphatic heterocycles. The van der Waals surface area contributed by atoms with E-state index in [-0.39, 0.29) is 11.9 Å². The SMILES string of the molecule is CCCN(c1ccc(F)cc1C(C)NC)C(C)C. The van der Waals surface area contributed by atoms with Gasteiger partial charge in [-0.2, -0.15) is 0 Å². The zero-order valence-electron chi connectivity index (χ0n) is 12.1. The highest BCUT2D eigenvalue weighted by Gasteiger charge is 2.17. The molecule has 2 nitrogen and oxygen atoms in total. The van der Waals surface area contributed by atoms with Gasteiger partial charge >= 0.3 is 0 Å². The average Bonchev–Trinajstić information content (AvgIpc) is 2.35. The fourth-order valence-corrected chi connectivity index (χ4v) is 2.19. The van der Waals surface area contributed by atoms with Crippen LogP contribution in [0.5, 0.6) is 0 Å². The van der Waals surface area contributed by atoms with Crippen molar-refractivity contribution in [1.29, 1.82) is 0 Å². The molecule has 0 saturated heterocycles. The molecular weight excluding hydrogens is 227 g/mol. The Morgan fingerprint density at radius 1 is 1.28 bits per heavy atom. The monoisotopic (exact) mass is 252 g/mol. The van der Waals surface area contributed by atoms with E-state index in [0.717, 1.165) is 24.2 Å². The van der Waals surface area contributed by atoms with E-state index < -0.39 is 0 Å². The maximum atomic E-state index is 13.4. The lowest BCUT2D eigenvalue weighted by molar-refractivity contribution is 0.599. The lowest BCUT2D eigenvalue weighted by Crippen LogP contribution is -2.33. The van der Waals surface area contributed by atoms with Crippen LogP contribution in [0.2, 0.25) is 0 Å². The highest BCUT2D eigenvalue weighted by atomic mass is 19.1. The molecule has 1 atom stereocenters. The Balaban J connectivity index is 3.19. The number of nitrogens with zero attached hydrogens (tertiary/aromatic N) is 1. The summed E-state index contributed by atoms with van der Waals surface area (Å²) in [6, 6.07) is 5.65. The van der Waals surface area contributed by atoms with Crippen molar-refractivity contribution in [1.82, 2.24) is 5.32 Å². The Bertz CT molecular complexity index is 377. The molecule has 0 radical (unpaired) electrons. The van der Waals surface area contributed by atoms with Crippen molar-refractivity contribution < 1.29 is 4.39 Å². The van der Waals surface area contributed by atoms with Crippen LogP contribution >= 0.6 is 0 Å². The van der Waals surface area contributed by atoms with Crippen molar-refractivity contribution in [3.05, 3.63) is 29.6 Å². The first-order chi connectivity index (χ1) is 8.51. The molecule has 0 saturated carbocycles. The third-order valence-corrected chi connectivity index (χ3v) is 3.29. The van der Waals surface area contributed by atoms with Crippen LogP contribution in [0.4, 0.5) is 10.1 Å². The Morgan fingerprint density at radius 2 is 1.94 bits per heavy atom. The van der Waals surface area contributed by atoms with E-state index in [9.17, 15) is 4.39 Å². The molecule has 0 aliphatic rings. The number of anilines is 1. The summed E-state index contributed by atoms with van der Waals surface area (Å²) in [7, 11) is 1.90. The Kier molecular flexibility index (Phi) is 5.60. The normalized spacial score (nSPS) is 12.8. The third kappa shape index (κ3) is 3.45. The van der Waals surface area contributed by atoms with Crippen LogP contribution < -0.4 is 10.2 Å². The van der Waals surface area contributed by atoms with E-state index in [1.807, 2.05) is 13.1 Å². The molecule has 0 fully saturated rings. The fourth-order valence-electron chi connectivity index (χ4n) is 2.19. The summed E-state index contributed by atoms with van der Waals surface area (Å²) in [6.45, 7) is 9.56. The second-order valence-electron chi connectivity index (χ2n) is 5.00. The molecule has 1 aromatic rings. The number of benzene rings is 1. The molecule has 0 spiro atoms. The Morgan fingerprint density at radius 3 is 2.44 bits per heavy atom. The zero-order valence-corrected chi connectivity index (χ0v) is 12.1. The van der Waals surface area contributed by atoms with Gasteiger partial charge < -0.3 is 10.2 Å². The van der Waals surface area contributed by atoms with Gasteiger partial charge in [0.2, 0.25) is 0 Å². The van der Waals surface area contributed by atoms with Crippen LogP contribution in [0.1, 0.15) is 45.7 Å². The van der Waals surface area contributed by atoms with E-state index in [2.05, 4.69) is 37.9 Å². The van der Waals surface area contributed by atoms with Crippen molar-refractivity contribution in [2.24, 2.45) is 0 Å². The number of hydrogen-bond donors (Lipinski definition) is 1. The zero-order chi connectivity index (χ0) is 13.7. The topological polar surface area (TPSA) is 15.3 Å². The summed E-state index contributed by atoms with van der Waals surface area (Å²) in [6.07, 6.45) is 1.09. The molecule has 1 rings (SSSR count). The standard InChI is InChI=1S/C15H25FN2/c1-6-9-18(11(2)3)15-8-7-13(16)10-14(15)12(4)17-5/h7-8,10-12,17H,6,9H2,1-5H3. The minimum atomic E-state index is -0.170. The summed E-state index contributed by atoms with van der Waals surface area (Å²) in [5, 5.41) is 3.19. The number of nitrogens with one attached hydrogen (secondary N) is 1. The number of halogens is 1. The summed E-state index contributed by atoms with van der Waals surface area (Å²) in [5.41, 5.74) is 2.16. The van der Waals surface area contributed by atoms with Gasteiger partial charge in [0.05, 0.1) is 0 Å². The molecule has 0 bridgehead atoms. The first kappa shape index (κ1) is 15.0. The van der Waals surface area contributed by atoms with E-state index >= 15 is 0 Å². The minimum Gasteiger partial charge on any atom is -0.369 e. The predicted octanol–water partition coefficient (Wildman–Crippen LogP) is 3.73. The lowest BCUT2D eigenvalue weighted by Gasteiger charge is -2.32. The van der Waals surface area contributed by atoms with Crippen molar-refractivity contribution in [2.45, 2.75) is 46.2 Å². The van der Waals surface area contributed by atoms with E-state index in [0.29, 0.717) is 6.04 Å². The second kappa shape index (κ2) is 6.74. The molecule has 1 aromatic carbocycles. The van der Waals surface area contributed by atoms with Crippen LogP contribution in [0.25, 0.3) is 0 Å². The summed E-state index contributed by atoms with van der Waals surface area (Å²) in [5.74, 6) is -0.170. The van der Waals surface area contributed by atoms with Gasteiger partial charge in [-0.15, -0.1) is 0 Å². The van der Waals surface area contributed by atoms with E-state index in [1.54, 1.807) is 12.1 Å². The summed E-state index contributed by atoms with van der Waals surface area (Å²) < 4.78 is 13.4. The van der Waals surface area contributed by atoms with Crippen molar-refractivity contribution in [3.8, 4) is 0 Å². The van der Waals surface area contributed by atoms with Crippen LogP contribution in [-0.2, 0) is 0 Å². The van der Waals surface area contributed by atoms with Crippen LogP contribution in [0.3, 0.4) is 0 Å². The molecule has 0 amide bonds. The molecule has 3 heteroatoms. The molecule has 1 N–H and O–H groups in total. The van der Waals surface area contributed by atoms with Gasteiger partial charge in [0.15, 0.2) is 0 Å². The van der Waals surface area contributed by atoms with Crippen molar-refractivity contribution in [2.75, 3.05) is 18.5 Å². The third-order valence-electron chi connectivity index (χ3n) is 3.29. The molecular formula is C15H25FN2. The van der Waals surface area contributed by atoms with Gasteiger partial charge in [0, 0.05) is 24.3 Å². The number of rotatable bonds is 6. The molecule has 0 aliphatic carbocycles. The number of hydrogen-bond acceptors (Lipinski definition) is 2. The highest BCUT2D eigenvalue weighted by molar-refractivity contribution is 5.55. The highest BCUT2D eigenvalue weighted by Crippen LogP contribution is 2.28. The Hall–Kier alpha value is -1.09.